The molecule has 0 radical (unpaired) electrons. The number of rotatable bonds is 7. The summed E-state index contributed by atoms with van der Waals surface area (Å²) in [6, 6.07) is -0.734. The Kier molecular flexibility index (Phi) is 4.21. The van der Waals surface area contributed by atoms with Crippen molar-refractivity contribution >= 4 is 11.8 Å². The van der Waals surface area contributed by atoms with Gasteiger partial charge in [0.1, 0.15) is 0 Å². The van der Waals surface area contributed by atoms with Crippen molar-refractivity contribution in [2.24, 2.45) is 10.2 Å². The third kappa shape index (κ3) is 3.97. The number of nitrogens with zero attached hydrogens (tertiary/aromatic N) is 2. The van der Waals surface area contributed by atoms with E-state index in [0.29, 0.717) is 19.3 Å². The van der Waals surface area contributed by atoms with Crippen LogP contribution in [0.2, 0.25) is 0 Å². The van der Waals surface area contributed by atoms with Gasteiger partial charge in [0.15, 0.2) is 5.66 Å². The summed E-state index contributed by atoms with van der Waals surface area (Å²) in [5, 5.41) is 12.5. The Morgan fingerprint density at radius 2 is 2.19 bits per heavy atom. The summed E-state index contributed by atoms with van der Waals surface area (Å²) >= 11 is 0. The number of hydrogen-bond donors (Lipinski definition) is 2. The number of halogens is 2. The highest BCUT2D eigenvalue weighted by Crippen LogP contribution is 2.37. The number of carbonyl (C=O) groups excluding carboxylic acids is 2. The largest absolute Gasteiger partial charge is 0.354 e. The van der Waals surface area contributed by atoms with Crippen LogP contribution in [0.5, 0.6) is 0 Å². The molecule has 2 amide bonds. The molecule has 0 aliphatic carbocycles. The van der Waals surface area contributed by atoms with Gasteiger partial charge in [0.2, 0.25) is 5.91 Å². The first-order valence-corrected chi connectivity index (χ1v) is 6.70. The Balaban J connectivity index is 1.65. The lowest BCUT2D eigenvalue weighted by Crippen LogP contribution is -2.38. The van der Waals surface area contributed by atoms with Crippen molar-refractivity contribution in [1.29, 1.82) is 0 Å². The molecule has 0 aromatic rings. The van der Waals surface area contributed by atoms with E-state index in [-0.39, 0.29) is 18.9 Å². The standard InChI is InChI=1S/C13H16F2N4O2/c1-2-3-5-12(18-19-12)6-4-10(20)16-8-9-7-13(14,15)11(21)17-9/h1,9H,3-8H2,(H,16,20)(H,17,21). The van der Waals surface area contributed by atoms with Crippen molar-refractivity contribution < 1.29 is 18.4 Å². The van der Waals surface area contributed by atoms with Crippen LogP contribution in [0.1, 0.15) is 32.1 Å². The van der Waals surface area contributed by atoms with E-state index >= 15 is 0 Å². The second kappa shape index (κ2) is 5.76. The normalized spacial score (nSPS) is 24.2. The van der Waals surface area contributed by atoms with Gasteiger partial charge in [-0.3, -0.25) is 9.59 Å². The molecule has 0 aromatic carbocycles. The Morgan fingerprint density at radius 3 is 2.71 bits per heavy atom. The number of carbonyl (C=O) groups is 2. The van der Waals surface area contributed by atoms with Crippen molar-refractivity contribution in [2.75, 3.05) is 6.54 Å². The molecule has 21 heavy (non-hydrogen) atoms. The minimum atomic E-state index is -3.35. The second-order valence-electron chi connectivity index (χ2n) is 5.27. The third-order valence-electron chi connectivity index (χ3n) is 3.52. The van der Waals surface area contributed by atoms with Crippen LogP contribution in [0.3, 0.4) is 0 Å². The van der Waals surface area contributed by atoms with E-state index in [2.05, 4.69) is 26.8 Å². The molecule has 1 unspecified atom stereocenters. The van der Waals surface area contributed by atoms with Crippen molar-refractivity contribution in [3.05, 3.63) is 0 Å². The molecule has 114 valence electrons. The molecule has 2 rings (SSSR count). The maximum absolute atomic E-state index is 13.0. The maximum atomic E-state index is 13.0. The molecule has 0 saturated carbocycles. The number of alkyl halides is 2. The molecule has 2 aliphatic heterocycles. The minimum absolute atomic E-state index is 0.00813. The summed E-state index contributed by atoms with van der Waals surface area (Å²) in [6.07, 6.45) is 6.36. The average Bonchev–Trinajstić information content (AvgIpc) is 3.15. The lowest BCUT2D eigenvalue weighted by atomic mass is 10.0. The average molecular weight is 298 g/mol. The highest BCUT2D eigenvalue weighted by Gasteiger charge is 2.48. The molecule has 2 aliphatic rings. The monoisotopic (exact) mass is 298 g/mol. The van der Waals surface area contributed by atoms with Crippen molar-refractivity contribution in [3.63, 3.8) is 0 Å². The van der Waals surface area contributed by atoms with Gasteiger partial charge in [-0.05, 0) is 0 Å². The van der Waals surface area contributed by atoms with Gasteiger partial charge in [-0.15, -0.1) is 12.3 Å². The number of nitrogens with one attached hydrogen (secondary N) is 2. The lowest BCUT2D eigenvalue weighted by molar-refractivity contribution is -0.139. The van der Waals surface area contributed by atoms with E-state index in [1.807, 2.05) is 0 Å². The van der Waals surface area contributed by atoms with E-state index in [1.165, 1.54) is 0 Å². The van der Waals surface area contributed by atoms with Gasteiger partial charge in [0, 0.05) is 38.6 Å². The minimum Gasteiger partial charge on any atom is -0.354 e. The first-order chi connectivity index (χ1) is 9.87. The van der Waals surface area contributed by atoms with E-state index in [4.69, 9.17) is 6.42 Å². The van der Waals surface area contributed by atoms with Gasteiger partial charge in [-0.25, -0.2) is 0 Å². The zero-order valence-corrected chi connectivity index (χ0v) is 11.4. The first kappa shape index (κ1) is 15.4. The van der Waals surface area contributed by atoms with E-state index in [1.54, 1.807) is 0 Å². The van der Waals surface area contributed by atoms with Gasteiger partial charge in [0.05, 0.1) is 6.04 Å². The van der Waals surface area contributed by atoms with Gasteiger partial charge in [-0.1, -0.05) is 0 Å². The predicted octanol–water partition coefficient (Wildman–Crippen LogP) is 0.982. The zero-order chi connectivity index (χ0) is 15.5. The molecule has 1 atom stereocenters. The lowest BCUT2D eigenvalue weighted by Gasteiger charge is -2.12. The summed E-state index contributed by atoms with van der Waals surface area (Å²) in [5.41, 5.74) is -0.529. The molecule has 2 heterocycles. The van der Waals surface area contributed by atoms with Gasteiger partial charge < -0.3 is 10.6 Å². The van der Waals surface area contributed by atoms with Crippen LogP contribution in [0, 0.1) is 12.3 Å². The quantitative estimate of drug-likeness (QED) is 0.687. The summed E-state index contributed by atoms with van der Waals surface area (Å²) in [4.78, 5) is 22.6. The number of amides is 2. The highest BCUT2D eigenvalue weighted by atomic mass is 19.3. The van der Waals surface area contributed by atoms with Crippen LogP contribution >= 0.6 is 0 Å². The summed E-state index contributed by atoms with van der Waals surface area (Å²) in [7, 11) is 0. The Labute approximate surface area is 120 Å². The first-order valence-electron chi connectivity index (χ1n) is 6.70. The van der Waals surface area contributed by atoms with Crippen LogP contribution in [-0.4, -0.2) is 36.0 Å². The molecule has 8 heteroatoms. The molecule has 0 spiro atoms. The summed E-state index contributed by atoms with van der Waals surface area (Å²) in [5.74, 6) is -2.42. The molecule has 6 nitrogen and oxygen atoms in total. The molecule has 1 saturated heterocycles. The molecule has 1 fully saturated rings. The SMILES string of the molecule is C#CCCC1(CCC(=O)NCC2CC(F)(F)C(=O)N2)N=N1. The van der Waals surface area contributed by atoms with E-state index < -0.39 is 30.0 Å². The van der Waals surface area contributed by atoms with Crippen LogP contribution in [0.15, 0.2) is 10.2 Å². The van der Waals surface area contributed by atoms with Gasteiger partial charge in [-0.2, -0.15) is 19.0 Å². The van der Waals surface area contributed by atoms with Crippen LogP contribution in [-0.2, 0) is 9.59 Å². The van der Waals surface area contributed by atoms with Gasteiger partial charge in [0.25, 0.3) is 5.91 Å². The highest BCUT2D eigenvalue weighted by molar-refractivity contribution is 5.86. The topological polar surface area (TPSA) is 82.9 Å². The Bertz CT molecular complexity index is 507. The fraction of sp³-hybridized carbons (Fsp3) is 0.692. The Hall–Kier alpha value is -2.04. The summed E-state index contributed by atoms with van der Waals surface area (Å²) in [6.45, 7) is -0.00813. The smallest absolute Gasteiger partial charge is 0.326 e. The van der Waals surface area contributed by atoms with Crippen LogP contribution < -0.4 is 10.6 Å². The van der Waals surface area contributed by atoms with Crippen LogP contribution in [0.4, 0.5) is 8.78 Å². The fourth-order valence-corrected chi connectivity index (χ4v) is 2.17. The van der Waals surface area contributed by atoms with Crippen molar-refractivity contribution in [2.45, 2.75) is 49.7 Å². The van der Waals surface area contributed by atoms with Crippen molar-refractivity contribution in [3.8, 4) is 12.3 Å². The molecule has 0 bridgehead atoms. The van der Waals surface area contributed by atoms with Crippen molar-refractivity contribution in [1.82, 2.24) is 10.6 Å². The third-order valence-corrected chi connectivity index (χ3v) is 3.52. The fourth-order valence-electron chi connectivity index (χ4n) is 2.17. The predicted molar refractivity (Wildman–Crippen MR) is 69.4 cm³/mol. The molecular weight excluding hydrogens is 282 g/mol. The maximum Gasteiger partial charge on any atom is 0.326 e. The molecule has 0 aromatic heterocycles. The van der Waals surface area contributed by atoms with Gasteiger partial charge >= 0.3 is 5.92 Å². The zero-order valence-electron chi connectivity index (χ0n) is 11.4. The van der Waals surface area contributed by atoms with E-state index in [0.717, 1.165) is 0 Å². The van der Waals surface area contributed by atoms with Crippen LogP contribution in [0.25, 0.3) is 0 Å². The Morgan fingerprint density at radius 1 is 1.48 bits per heavy atom. The molecular formula is C13H16F2N4O2. The molecule has 2 N–H and O–H groups in total. The number of terminal acetylenes is 1. The second-order valence-corrected chi connectivity index (χ2v) is 5.27. The summed E-state index contributed by atoms with van der Waals surface area (Å²) < 4.78 is 26.0. The van der Waals surface area contributed by atoms with E-state index in [9.17, 15) is 18.4 Å². The number of hydrogen-bond acceptors (Lipinski definition) is 4.